The topological polar surface area (TPSA) is 60.2 Å². The molecule has 0 aliphatic rings. The van der Waals surface area contributed by atoms with Crippen molar-refractivity contribution in [2.24, 2.45) is 5.73 Å². The van der Waals surface area contributed by atoms with Crippen LogP contribution >= 0.6 is 15.9 Å². The zero-order valence-corrected chi connectivity index (χ0v) is 12.1. The lowest BCUT2D eigenvalue weighted by Gasteiger charge is -2.02. The molecule has 0 unspecified atom stereocenters. The first-order chi connectivity index (χ1) is 9.58. The first kappa shape index (κ1) is 14.2. The fourth-order valence-corrected chi connectivity index (χ4v) is 1.92. The van der Waals surface area contributed by atoms with E-state index in [0.717, 1.165) is 4.47 Å². The number of carbonyl (C=O) groups excluding carboxylic acids is 2. The van der Waals surface area contributed by atoms with Crippen molar-refractivity contribution in [1.29, 1.82) is 0 Å². The van der Waals surface area contributed by atoms with Crippen molar-refractivity contribution in [3.8, 4) is 0 Å². The van der Waals surface area contributed by atoms with E-state index >= 15 is 0 Å². The standard InChI is InChI=1S/C16H12BrNO2/c17-13-8-6-12(7-9-13)16(20)14(18)10-15(19)11-4-2-1-3-5-11/h1-10H,18H2. The number of nitrogens with two attached hydrogens (primary N) is 1. The molecule has 0 spiro atoms. The molecular formula is C16H12BrNO2. The maximum absolute atomic E-state index is 12.1. The van der Waals surface area contributed by atoms with Gasteiger partial charge in [-0.15, -0.1) is 0 Å². The minimum atomic E-state index is -0.359. The molecule has 0 bridgehead atoms. The predicted octanol–water partition coefficient (Wildman–Crippen LogP) is 3.36. The number of Topliss-reactive ketones (excluding diaryl/α,β-unsaturated/α-hetero) is 1. The van der Waals surface area contributed by atoms with E-state index in [1.165, 1.54) is 6.08 Å². The maximum Gasteiger partial charge on any atom is 0.208 e. The molecule has 0 amide bonds. The monoisotopic (exact) mass is 329 g/mol. The highest BCUT2D eigenvalue weighted by Gasteiger charge is 2.11. The van der Waals surface area contributed by atoms with E-state index in [1.54, 1.807) is 48.5 Å². The Morgan fingerprint density at radius 3 is 2.10 bits per heavy atom. The molecule has 2 rings (SSSR count). The number of halogens is 1. The minimum Gasteiger partial charge on any atom is -0.395 e. The Labute approximate surface area is 125 Å². The molecule has 3 nitrogen and oxygen atoms in total. The van der Waals surface area contributed by atoms with Crippen LogP contribution in [0.5, 0.6) is 0 Å². The summed E-state index contributed by atoms with van der Waals surface area (Å²) < 4.78 is 0.872. The van der Waals surface area contributed by atoms with Gasteiger partial charge in [0.05, 0.1) is 5.70 Å². The van der Waals surface area contributed by atoms with Gasteiger partial charge in [0.15, 0.2) is 5.78 Å². The van der Waals surface area contributed by atoms with Crippen LogP contribution in [0.4, 0.5) is 0 Å². The summed E-state index contributed by atoms with van der Waals surface area (Å²) in [6, 6.07) is 15.5. The van der Waals surface area contributed by atoms with Gasteiger partial charge in [-0.1, -0.05) is 46.3 Å². The first-order valence-corrected chi connectivity index (χ1v) is 6.74. The summed E-state index contributed by atoms with van der Waals surface area (Å²) in [6.07, 6.45) is 1.17. The van der Waals surface area contributed by atoms with E-state index < -0.39 is 0 Å². The van der Waals surface area contributed by atoms with Gasteiger partial charge in [0, 0.05) is 21.7 Å². The summed E-state index contributed by atoms with van der Waals surface area (Å²) in [7, 11) is 0. The van der Waals surface area contributed by atoms with Crippen LogP contribution in [0.25, 0.3) is 0 Å². The SMILES string of the molecule is NC(=CC(=O)c1ccccc1)C(=O)c1ccc(Br)cc1. The lowest BCUT2D eigenvalue weighted by molar-refractivity contribution is 0.101. The van der Waals surface area contributed by atoms with Crippen LogP contribution in [0.3, 0.4) is 0 Å². The lowest BCUT2D eigenvalue weighted by atomic mass is 10.1. The Morgan fingerprint density at radius 1 is 0.900 bits per heavy atom. The zero-order valence-electron chi connectivity index (χ0n) is 10.5. The van der Waals surface area contributed by atoms with Crippen LogP contribution in [0, 0.1) is 0 Å². The average molecular weight is 330 g/mol. The fraction of sp³-hybridized carbons (Fsp3) is 0. The van der Waals surface area contributed by atoms with Gasteiger partial charge >= 0.3 is 0 Å². The largest absolute Gasteiger partial charge is 0.395 e. The van der Waals surface area contributed by atoms with Crippen molar-refractivity contribution in [1.82, 2.24) is 0 Å². The molecule has 0 aliphatic heterocycles. The molecule has 0 radical (unpaired) electrons. The predicted molar refractivity (Wildman–Crippen MR) is 81.5 cm³/mol. The first-order valence-electron chi connectivity index (χ1n) is 5.95. The third-order valence-corrected chi connectivity index (χ3v) is 3.24. The number of hydrogen-bond acceptors (Lipinski definition) is 3. The molecule has 4 heteroatoms. The second-order valence-electron chi connectivity index (χ2n) is 4.17. The van der Waals surface area contributed by atoms with Crippen LogP contribution in [-0.4, -0.2) is 11.6 Å². The van der Waals surface area contributed by atoms with E-state index in [4.69, 9.17) is 5.73 Å². The van der Waals surface area contributed by atoms with Crippen LogP contribution in [0.2, 0.25) is 0 Å². The van der Waals surface area contributed by atoms with Crippen LogP contribution in [0.15, 0.2) is 70.8 Å². The van der Waals surface area contributed by atoms with E-state index in [2.05, 4.69) is 15.9 Å². The van der Waals surface area contributed by atoms with E-state index in [0.29, 0.717) is 11.1 Å². The van der Waals surface area contributed by atoms with Crippen molar-refractivity contribution < 1.29 is 9.59 Å². The number of hydrogen-bond donors (Lipinski definition) is 1. The quantitative estimate of drug-likeness (QED) is 0.691. The molecule has 2 aromatic rings. The molecule has 2 N–H and O–H groups in total. The Hall–Kier alpha value is -2.20. The Morgan fingerprint density at radius 2 is 1.50 bits per heavy atom. The summed E-state index contributed by atoms with van der Waals surface area (Å²) in [5.41, 5.74) is 6.58. The molecule has 0 fully saturated rings. The third-order valence-electron chi connectivity index (χ3n) is 2.71. The van der Waals surface area contributed by atoms with Gasteiger partial charge in [0.1, 0.15) is 0 Å². The molecule has 2 aromatic carbocycles. The van der Waals surface area contributed by atoms with Crippen molar-refractivity contribution in [3.63, 3.8) is 0 Å². The number of allylic oxidation sites excluding steroid dienone is 2. The smallest absolute Gasteiger partial charge is 0.208 e. The molecular weight excluding hydrogens is 318 g/mol. The highest BCUT2D eigenvalue weighted by molar-refractivity contribution is 9.10. The highest BCUT2D eigenvalue weighted by Crippen LogP contribution is 2.13. The van der Waals surface area contributed by atoms with Crippen molar-refractivity contribution in [3.05, 3.63) is 82.0 Å². The van der Waals surface area contributed by atoms with Gasteiger partial charge in [0.25, 0.3) is 0 Å². The zero-order chi connectivity index (χ0) is 14.5. The summed E-state index contributed by atoms with van der Waals surface area (Å²) in [5.74, 6) is -0.643. The number of carbonyl (C=O) groups is 2. The Bertz CT molecular complexity index is 661. The Balaban J connectivity index is 2.20. The molecule has 0 saturated heterocycles. The van der Waals surface area contributed by atoms with E-state index in [1.807, 2.05) is 6.07 Å². The normalized spacial score (nSPS) is 11.2. The molecule has 0 aromatic heterocycles. The van der Waals surface area contributed by atoms with Crippen molar-refractivity contribution >= 4 is 27.5 Å². The minimum absolute atomic E-state index is 0.0684. The van der Waals surface area contributed by atoms with E-state index in [9.17, 15) is 9.59 Å². The lowest BCUT2D eigenvalue weighted by Crippen LogP contribution is -2.13. The number of rotatable bonds is 4. The third kappa shape index (κ3) is 3.42. The highest BCUT2D eigenvalue weighted by atomic mass is 79.9. The Kier molecular flexibility index (Phi) is 4.48. The fourth-order valence-electron chi connectivity index (χ4n) is 1.66. The second kappa shape index (κ2) is 6.30. The maximum atomic E-state index is 12.1. The average Bonchev–Trinajstić information content (AvgIpc) is 2.48. The summed E-state index contributed by atoms with van der Waals surface area (Å²) >= 11 is 3.29. The summed E-state index contributed by atoms with van der Waals surface area (Å²) in [4.78, 5) is 24.0. The van der Waals surface area contributed by atoms with Crippen LogP contribution in [-0.2, 0) is 0 Å². The van der Waals surface area contributed by atoms with Gasteiger partial charge in [0.2, 0.25) is 5.78 Å². The van der Waals surface area contributed by atoms with Gasteiger partial charge in [-0.25, -0.2) is 0 Å². The number of benzene rings is 2. The number of ketones is 2. The van der Waals surface area contributed by atoms with Gasteiger partial charge < -0.3 is 5.73 Å². The van der Waals surface area contributed by atoms with Gasteiger partial charge in [-0.3, -0.25) is 9.59 Å². The molecule has 0 heterocycles. The molecule has 20 heavy (non-hydrogen) atoms. The molecule has 0 aliphatic carbocycles. The van der Waals surface area contributed by atoms with Crippen LogP contribution < -0.4 is 5.73 Å². The molecule has 0 atom stereocenters. The summed E-state index contributed by atoms with van der Waals surface area (Å²) in [6.45, 7) is 0. The molecule has 0 saturated carbocycles. The van der Waals surface area contributed by atoms with E-state index in [-0.39, 0.29) is 17.3 Å². The van der Waals surface area contributed by atoms with Gasteiger partial charge in [-0.2, -0.15) is 0 Å². The molecule has 100 valence electrons. The van der Waals surface area contributed by atoms with Crippen molar-refractivity contribution in [2.45, 2.75) is 0 Å². The summed E-state index contributed by atoms with van der Waals surface area (Å²) in [5, 5.41) is 0. The van der Waals surface area contributed by atoms with Gasteiger partial charge in [-0.05, 0) is 24.3 Å². The van der Waals surface area contributed by atoms with Crippen LogP contribution in [0.1, 0.15) is 20.7 Å². The van der Waals surface area contributed by atoms with Crippen molar-refractivity contribution in [2.75, 3.05) is 0 Å². The second-order valence-corrected chi connectivity index (χ2v) is 5.08.